The number of pyridine rings is 1. The second-order valence-corrected chi connectivity index (χ2v) is 5.39. The average molecular weight is 285 g/mol. The Morgan fingerprint density at radius 3 is 2.75 bits per heavy atom. The molecule has 1 atom stereocenters. The lowest BCUT2D eigenvalue weighted by atomic mass is 10.1. The zero-order valence-corrected chi connectivity index (χ0v) is 11.9. The van der Waals surface area contributed by atoms with E-state index in [9.17, 15) is 0 Å². The van der Waals surface area contributed by atoms with E-state index in [1.54, 1.807) is 25.1 Å². The summed E-state index contributed by atoms with van der Waals surface area (Å²) in [4.78, 5) is 8.87. The van der Waals surface area contributed by atoms with E-state index in [2.05, 4.69) is 22.4 Å². The molecule has 1 aliphatic heterocycles. The molecule has 1 aromatic heterocycles. The quantitative estimate of drug-likeness (QED) is 0.939. The summed E-state index contributed by atoms with van der Waals surface area (Å²) in [6.07, 6.45) is 1.75. The van der Waals surface area contributed by atoms with E-state index in [4.69, 9.17) is 9.73 Å². The predicted octanol–water partition coefficient (Wildman–Crippen LogP) is 3.35. The van der Waals surface area contributed by atoms with E-state index < -0.39 is 0 Å². The van der Waals surface area contributed by atoms with Crippen LogP contribution in [0, 0.1) is 0 Å². The van der Waals surface area contributed by atoms with Gasteiger partial charge in [-0.25, -0.2) is 4.98 Å². The smallest absolute Gasteiger partial charge is 0.213 e. The Kier molecular flexibility index (Phi) is 3.87. The van der Waals surface area contributed by atoms with Crippen LogP contribution in [0.1, 0.15) is 11.6 Å². The van der Waals surface area contributed by atoms with Gasteiger partial charge in [-0.15, -0.1) is 0 Å². The first-order valence-electron chi connectivity index (χ1n) is 6.38. The lowest BCUT2D eigenvalue weighted by molar-refractivity contribution is 0.398. The first-order valence-corrected chi connectivity index (χ1v) is 7.36. The second-order valence-electron chi connectivity index (χ2n) is 4.39. The van der Waals surface area contributed by atoms with Crippen LogP contribution in [0.4, 0.5) is 5.69 Å². The topological polar surface area (TPSA) is 46.5 Å². The van der Waals surface area contributed by atoms with Crippen molar-refractivity contribution in [1.82, 2.24) is 4.98 Å². The van der Waals surface area contributed by atoms with Crippen LogP contribution in [0.3, 0.4) is 0 Å². The highest BCUT2D eigenvalue weighted by molar-refractivity contribution is 8.14. The van der Waals surface area contributed by atoms with Gasteiger partial charge in [-0.2, -0.15) is 0 Å². The minimum absolute atomic E-state index is 0.231. The Bertz CT molecular complexity index is 598. The number of aromatic nitrogens is 1. The maximum Gasteiger partial charge on any atom is 0.213 e. The van der Waals surface area contributed by atoms with Gasteiger partial charge < -0.3 is 10.1 Å². The summed E-state index contributed by atoms with van der Waals surface area (Å²) >= 11 is 1.73. The molecule has 1 N–H and O–H groups in total. The van der Waals surface area contributed by atoms with Crippen LogP contribution in [0.2, 0.25) is 0 Å². The molecule has 0 aliphatic carbocycles. The minimum atomic E-state index is 0.231. The first kappa shape index (κ1) is 13.0. The number of nitrogens with one attached hydrogen (secondary N) is 1. The predicted molar refractivity (Wildman–Crippen MR) is 83.5 cm³/mol. The van der Waals surface area contributed by atoms with Gasteiger partial charge >= 0.3 is 0 Å². The number of benzene rings is 1. The van der Waals surface area contributed by atoms with Crippen molar-refractivity contribution < 1.29 is 4.74 Å². The largest absolute Gasteiger partial charge is 0.481 e. The lowest BCUT2D eigenvalue weighted by Gasteiger charge is -2.05. The standard InChI is InChI=1S/C15H15N3OS/c1-19-14-8-7-12(9-16-14)17-15-18-13(10-20-15)11-5-3-2-4-6-11/h2-9,13H,10H2,1H3,(H,17,18). The van der Waals surface area contributed by atoms with Crippen molar-refractivity contribution in [2.75, 3.05) is 18.2 Å². The molecular weight excluding hydrogens is 270 g/mol. The van der Waals surface area contributed by atoms with Gasteiger partial charge in [0, 0.05) is 11.8 Å². The average Bonchev–Trinajstić information content (AvgIpc) is 2.97. The maximum atomic E-state index is 5.04. The molecule has 0 radical (unpaired) electrons. The van der Waals surface area contributed by atoms with E-state index in [1.807, 2.05) is 30.3 Å². The fourth-order valence-electron chi connectivity index (χ4n) is 1.99. The van der Waals surface area contributed by atoms with Crippen LogP contribution in [-0.4, -0.2) is 23.0 Å². The molecule has 0 spiro atoms. The molecule has 1 aromatic carbocycles. The van der Waals surface area contributed by atoms with Crippen molar-refractivity contribution in [3.63, 3.8) is 0 Å². The molecule has 2 heterocycles. The minimum Gasteiger partial charge on any atom is -0.481 e. The van der Waals surface area contributed by atoms with Crippen LogP contribution >= 0.6 is 11.8 Å². The molecule has 0 saturated carbocycles. The Hall–Kier alpha value is -2.01. The molecule has 3 rings (SSSR count). The number of anilines is 1. The van der Waals surface area contributed by atoms with Gasteiger partial charge in [0.05, 0.1) is 25.0 Å². The third-order valence-corrected chi connectivity index (χ3v) is 4.00. The third-order valence-electron chi connectivity index (χ3n) is 3.03. The van der Waals surface area contributed by atoms with Crippen LogP contribution in [0.25, 0.3) is 0 Å². The molecule has 0 amide bonds. The normalized spacial score (nSPS) is 17.6. The van der Waals surface area contributed by atoms with Crippen molar-refractivity contribution in [1.29, 1.82) is 0 Å². The summed E-state index contributed by atoms with van der Waals surface area (Å²) in [5.41, 5.74) is 2.18. The maximum absolute atomic E-state index is 5.04. The van der Waals surface area contributed by atoms with E-state index in [1.165, 1.54) is 5.56 Å². The highest BCUT2D eigenvalue weighted by atomic mass is 32.2. The molecule has 0 saturated heterocycles. The molecular formula is C15H15N3OS. The number of aliphatic imine (C=N–C) groups is 1. The highest BCUT2D eigenvalue weighted by Crippen LogP contribution is 2.30. The second kappa shape index (κ2) is 5.96. The van der Waals surface area contributed by atoms with Gasteiger partial charge in [0.25, 0.3) is 0 Å². The zero-order valence-electron chi connectivity index (χ0n) is 11.1. The summed E-state index contributed by atoms with van der Waals surface area (Å²) in [6.45, 7) is 0. The molecule has 102 valence electrons. The van der Waals surface area contributed by atoms with Crippen molar-refractivity contribution in [3.8, 4) is 5.88 Å². The van der Waals surface area contributed by atoms with Crippen LogP contribution in [0.5, 0.6) is 5.88 Å². The SMILES string of the molecule is COc1ccc(NC2=NC(c3ccccc3)CS2)cn1. The molecule has 1 unspecified atom stereocenters. The van der Waals surface area contributed by atoms with E-state index in [0.29, 0.717) is 5.88 Å². The van der Waals surface area contributed by atoms with Gasteiger partial charge in [0.1, 0.15) is 0 Å². The number of hydrogen-bond acceptors (Lipinski definition) is 5. The molecule has 2 aromatic rings. The number of rotatable bonds is 3. The number of amidine groups is 1. The number of methoxy groups -OCH3 is 1. The number of hydrogen-bond donors (Lipinski definition) is 1. The lowest BCUT2D eigenvalue weighted by Crippen LogP contribution is -2.05. The number of ether oxygens (including phenoxy) is 1. The Morgan fingerprint density at radius 2 is 2.05 bits per heavy atom. The number of thioether (sulfide) groups is 1. The third kappa shape index (κ3) is 2.93. The fraction of sp³-hybridized carbons (Fsp3) is 0.200. The van der Waals surface area contributed by atoms with Gasteiger partial charge in [-0.3, -0.25) is 4.99 Å². The van der Waals surface area contributed by atoms with Crippen LogP contribution < -0.4 is 10.1 Å². The summed E-state index contributed by atoms with van der Waals surface area (Å²) in [6, 6.07) is 14.4. The van der Waals surface area contributed by atoms with E-state index in [0.717, 1.165) is 16.6 Å². The Labute approximate surface area is 122 Å². The van der Waals surface area contributed by atoms with Gasteiger partial charge in [-0.1, -0.05) is 42.1 Å². The first-order chi connectivity index (χ1) is 9.85. The zero-order chi connectivity index (χ0) is 13.8. The van der Waals surface area contributed by atoms with Gasteiger partial charge in [0.2, 0.25) is 5.88 Å². The molecule has 0 fully saturated rings. The van der Waals surface area contributed by atoms with Crippen molar-refractivity contribution >= 4 is 22.6 Å². The van der Waals surface area contributed by atoms with Crippen molar-refractivity contribution in [2.24, 2.45) is 4.99 Å². The number of nitrogens with zero attached hydrogens (tertiary/aromatic N) is 2. The van der Waals surface area contributed by atoms with Gasteiger partial charge in [0.15, 0.2) is 5.17 Å². The highest BCUT2D eigenvalue weighted by Gasteiger charge is 2.19. The molecule has 5 heteroatoms. The van der Waals surface area contributed by atoms with E-state index >= 15 is 0 Å². The van der Waals surface area contributed by atoms with Crippen LogP contribution in [-0.2, 0) is 0 Å². The molecule has 4 nitrogen and oxygen atoms in total. The van der Waals surface area contributed by atoms with Crippen molar-refractivity contribution in [2.45, 2.75) is 6.04 Å². The summed E-state index contributed by atoms with van der Waals surface area (Å²) in [5.74, 6) is 1.58. The molecule has 1 aliphatic rings. The molecule has 20 heavy (non-hydrogen) atoms. The van der Waals surface area contributed by atoms with E-state index in [-0.39, 0.29) is 6.04 Å². The van der Waals surface area contributed by atoms with Crippen LogP contribution in [0.15, 0.2) is 53.7 Å². The van der Waals surface area contributed by atoms with Gasteiger partial charge in [-0.05, 0) is 11.6 Å². The monoisotopic (exact) mass is 285 g/mol. The molecule has 0 bridgehead atoms. The van der Waals surface area contributed by atoms with Crippen molar-refractivity contribution in [3.05, 3.63) is 54.2 Å². The summed E-state index contributed by atoms with van der Waals surface area (Å²) < 4.78 is 5.04. The summed E-state index contributed by atoms with van der Waals surface area (Å²) in [7, 11) is 1.61. The Morgan fingerprint density at radius 1 is 1.20 bits per heavy atom. The summed E-state index contributed by atoms with van der Waals surface area (Å²) in [5, 5.41) is 4.22. The Balaban J connectivity index is 1.69. The fourth-order valence-corrected chi connectivity index (χ4v) is 2.96.